The van der Waals surface area contributed by atoms with E-state index in [9.17, 15) is 9.59 Å². The Labute approximate surface area is 94.0 Å². The summed E-state index contributed by atoms with van der Waals surface area (Å²) in [4.78, 5) is 24.1. The first kappa shape index (κ1) is 12.0. The second kappa shape index (κ2) is 5.75. The minimum absolute atomic E-state index is 0.221. The van der Waals surface area contributed by atoms with Crippen LogP contribution in [-0.2, 0) is 4.74 Å². The maximum Gasteiger partial charge on any atom is 0.422 e. The number of nitrogens with zero attached hydrogens (tertiary/aromatic N) is 1. The average molecular weight is 222 g/mol. The molecule has 16 heavy (non-hydrogen) atoms. The van der Waals surface area contributed by atoms with Crippen LogP contribution in [0.15, 0.2) is 30.3 Å². The van der Waals surface area contributed by atoms with E-state index >= 15 is 0 Å². The second-order valence-corrected chi connectivity index (χ2v) is 2.93. The molecule has 0 bridgehead atoms. The minimum atomic E-state index is -0.687. The normalized spacial score (nSPS) is 9.38. The van der Waals surface area contributed by atoms with Crippen LogP contribution in [0.3, 0.4) is 0 Å². The summed E-state index contributed by atoms with van der Waals surface area (Å²) in [5, 5.41) is 2.39. The number of urea groups is 1. The van der Waals surface area contributed by atoms with E-state index in [0.717, 1.165) is 4.90 Å². The molecule has 0 aliphatic heterocycles. The zero-order valence-corrected chi connectivity index (χ0v) is 9.27. The summed E-state index contributed by atoms with van der Waals surface area (Å²) in [6.07, 6.45) is -0.687. The van der Waals surface area contributed by atoms with Crippen molar-refractivity contribution < 1.29 is 14.3 Å². The van der Waals surface area contributed by atoms with E-state index in [1.165, 1.54) is 7.05 Å². The summed E-state index contributed by atoms with van der Waals surface area (Å²) < 4.78 is 4.81. The Bertz CT molecular complexity index is 365. The van der Waals surface area contributed by atoms with Crippen molar-refractivity contribution >= 4 is 17.8 Å². The number of carbonyl (C=O) groups is 2. The molecule has 0 heterocycles. The highest BCUT2D eigenvalue weighted by Gasteiger charge is 2.23. The zero-order chi connectivity index (χ0) is 12.0. The lowest BCUT2D eigenvalue weighted by Crippen LogP contribution is -2.42. The predicted octanol–water partition coefficient (Wildman–Crippen LogP) is 1.99. The number of hydrogen-bond acceptors (Lipinski definition) is 3. The number of benzene rings is 1. The Morgan fingerprint density at radius 2 is 1.94 bits per heavy atom. The lowest BCUT2D eigenvalue weighted by molar-refractivity contribution is 0.160. The monoisotopic (exact) mass is 222 g/mol. The molecule has 86 valence electrons. The Morgan fingerprint density at radius 3 is 2.44 bits per heavy atom. The number of amides is 3. The summed E-state index contributed by atoms with van der Waals surface area (Å²) in [7, 11) is 1.46. The van der Waals surface area contributed by atoms with Crippen molar-refractivity contribution in [3.8, 4) is 0 Å². The third-order valence-corrected chi connectivity index (χ3v) is 1.88. The highest BCUT2D eigenvalue weighted by Crippen LogP contribution is 2.14. The van der Waals surface area contributed by atoms with Gasteiger partial charge in [0, 0.05) is 7.05 Å². The van der Waals surface area contributed by atoms with E-state index in [1.54, 1.807) is 37.3 Å². The van der Waals surface area contributed by atoms with Gasteiger partial charge in [-0.05, 0) is 19.1 Å². The minimum Gasteiger partial charge on any atom is -0.449 e. The molecule has 0 fully saturated rings. The van der Waals surface area contributed by atoms with Gasteiger partial charge in [0.25, 0.3) is 0 Å². The quantitative estimate of drug-likeness (QED) is 0.832. The van der Waals surface area contributed by atoms with Crippen molar-refractivity contribution in [1.82, 2.24) is 5.32 Å². The largest absolute Gasteiger partial charge is 0.449 e. The first-order chi connectivity index (χ1) is 7.70. The molecule has 5 nitrogen and oxygen atoms in total. The van der Waals surface area contributed by atoms with E-state index in [2.05, 4.69) is 5.32 Å². The zero-order valence-electron chi connectivity index (χ0n) is 9.27. The smallest absolute Gasteiger partial charge is 0.422 e. The standard InChI is InChI=1S/C11H14N2O3/c1-3-16-11(15)13(10(14)12-2)9-7-5-4-6-8-9/h4-8H,3H2,1-2H3,(H,12,14). The molecule has 0 unspecified atom stereocenters. The number of rotatable bonds is 2. The lowest BCUT2D eigenvalue weighted by Gasteiger charge is -2.19. The van der Waals surface area contributed by atoms with Crippen molar-refractivity contribution in [1.29, 1.82) is 0 Å². The maximum atomic E-state index is 11.6. The van der Waals surface area contributed by atoms with Crippen molar-refractivity contribution in [3.05, 3.63) is 30.3 Å². The van der Waals surface area contributed by atoms with Crippen LogP contribution in [-0.4, -0.2) is 25.8 Å². The van der Waals surface area contributed by atoms with Crippen molar-refractivity contribution in [2.45, 2.75) is 6.92 Å². The van der Waals surface area contributed by atoms with E-state index in [-0.39, 0.29) is 6.61 Å². The highest BCUT2D eigenvalue weighted by atomic mass is 16.6. The number of hydrogen-bond donors (Lipinski definition) is 1. The fourth-order valence-electron chi connectivity index (χ4n) is 1.18. The second-order valence-electron chi connectivity index (χ2n) is 2.93. The summed E-state index contributed by atoms with van der Waals surface area (Å²) in [6.45, 7) is 1.91. The van der Waals surface area contributed by atoms with Gasteiger partial charge < -0.3 is 10.1 Å². The van der Waals surface area contributed by atoms with Gasteiger partial charge in [-0.15, -0.1) is 0 Å². The highest BCUT2D eigenvalue weighted by molar-refractivity contribution is 6.11. The first-order valence-corrected chi connectivity index (χ1v) is 4.94. The molecule has 0 saturated carbocycles. The molecule has 1 aromatic carbocycles. The van der Waals surface area contributed by atoms with E-state index in [1.807, 2.05) is 0 Å². The Balaban J connectivity index is 2.97. The predicted molar refractivity (Wildman–Crippen MR) is 60.4 cm³/mol. The number of ether oxygens (including phenoxy) is 1. The molecular weight excluding hydrogens is 208 g/mol. The summed E-state index contributed by atoms with van der Waals surface area (Å²) in [5.74, 6) is 0. The number of para-hydroxylation sites is 1. The number of carbonyl (C=O) groups excluding carboxylic acids is 2. The molecule has 1 N–H and O–H groups in total. The third kappa shape index (κ3) is 2.73. The van der Waals surface area contributed by atoms with Crippen molar-refractivity contribution in [2.75, 3.05) is 18.6 Å². The summed E-state index contributed by atoms with van der Waals surface area (Å²) in [5.41, 5.74) is 0.473. The van der Waals surface area contributed by atoms with Crippen LogP contribution in [0.1, 0.15) is 6.92 Å². The molecule has 0 radical (unpaired) electrons. The molecule has 1 rings (SSSR count). The van der Waals surface area contributed by atoms with Crippen LogP contribution < -0.4 is 10.2 Å². The van der Waals surface area contributed by atoms with Gasteiger partial charge in [0.1, 0.15) is 0 Å². The molecule has 5 heteroatoms. The molecule has 0 aliphatic rings. The SMILES string of the molecule is CCOC(=O)N(C(=O)NC)c1ccccc1. The van der Waals surface area contributed by atoms with Gasteiger partial charge in [0.05, 0.1) is 12.3 Å². The van der Waals surface area contributed by atoms with Gasteiger partial charge in [-0.1, -0.05) is 18.2 Å². The fourth-order valence-corrected chi connectivity index (χ4v) is 1.18. The first-order valence-electron chi connectivity index (χ1n) is 4.94. The van der Waals surface area contributed by atoms with Gasteiger partial charge in [0.15, 0.2) is 0 Å². The molecule has 0 saturated heterocycles. The van der Waals surface area contributed by atoms with Gasteiger partial charge in [0.2, 0.25) is 0 Å². The molecule has 0 aromatic heterocycles. The summed E-state index contributed by atoms with van der Waals surface area (Å²) >= 11 is 0. The van der Waals surface area contributed by atoms with Gasteiger partial charge in [-0.2, -0.15) is 4.90 Å². The van der Waals surface area contributed by atoms with E-state index in [4.69, 9.17) is 4.74 Å². The van der Waals surface area contributed by atoms with Crippen molar-refractivity contribution in [2.24, 2.45) is 0 Å². The average Bonchev–Trinajstić information content (AvgIpc) is 2.31. The van der Waals surface area contributed by atoms with Gasteiger partial charge >= 0.3 is 12.1 Å². The number of imide groups is 1. The Morgan fingerprint density at radius 1 is 1.31 bits per heavy atom. The fraction of sp³-hybridized carbons (Fsp3) is 0.273. The molecule has 0 spiro atoms. The molecule has 0 aliphatic carbocycles. The van der Waals surface area contributed by atoms with Crippen LogP contribution in [0, 0.1) is 0 Å². The van der Waals surface area contributed by atoms with Gasteiger partial charge in [-0.25, -0.2) is 9.59 Å². The molecule has 0 atom stereocenters. The topological polar surface area (TPSA) is 58.6 Å². The Hall–Kier alpha value is -2.04. The van der Waals surface area contributed by atoms with Crippen LogP contribution in [0.2, 0.25) is 0 Å². The third-order valence-electron chi connectivity index (χ3n) is 1.88. The van der Waals surface area contributed by atoms with Crippen LogP contribution >= 0.6 is 0 Å². The summed E-state index contributed by atoms with van der Waals surface area (Å²) in [6, 6.07) is 8.08. The molecule has 1 aromatic rings. The van der Waals surface area contributed by atoms with Gasteiger partial charge in [-0.3, -0.25) is 0 Å². The molecular formula is C11H14N2O3. The number of nitrogens with one attached hydrogen (secondary N) is 1. The maximum absolute atomic E-state index is 11.6. The van der Waals surface area contributed by atoms with Crippen LogP contribution in [0.4, 0.5) is 15.3 Å². The molecule has 3 amide bonds. The number of anilines is 1. The van der Waals surface area contributed by atoms with Crippen LogP contribution in [0.25, 0.3) is 0 Å². The van der Waals surface area contributed by atoms with Crippen LogP contribution in [0.5, 0.6) is 0 Å². The Kier molecular flexibility index (Phi) is 4.32. The van der Waals surface area contributed by atoms with E-state index < -0.39 is 12.1 Å². The lowest BCUT2D eigenvalue weighted by atomic mass is 10.3. The van der Waals surface area contributed by atoms with E-state index in [0.29, 0.717) is 5.69 Å². The van der Waals surface area contributed by atoms with Crippen molar-refractivity contribution in [3.63, 3.8) is 0 Å².